The normalized spacial score (nSPS) is 27.6. The van der Waals surface area contributed by atoms with Gasteiger partial charge in [0.2, 0.25) is 0 Å². The average Bonchev–Trinajstić information content (AvgIpc) is 2.47. The minimum Gasteiger partial charge on any atom is -0.373 e. The van der Waals surface area contributed by atoms with E-state index < -0.39 is 23.3 Å². The van der Waals surface area contributed by atoms with Crippen molar-refractivity contribution in [3.63, 3.8) is 0 Å². The minimum absolute atomic E-state index is 0.237. The number of benzene rings is 1. The van der Waals surface area contributed by atoms with Crippen molar-refractivity contribution in [3.05, 3.63) is 35.4 Å². The molecule has 1 unspecified atom stereocenters. The van der Waals surface area contributed by atoms with E-state index in [0.29, 0.717) is 12.5 Å². The molecule has 0 aromatic heterocycles. The highest BCUT2D eigenvalue weighted by Gasteiger charge is 2.43. The monoisotopic (exact) mass is 298 g/mol. The second kappa shape index (κ2) is 6.81. The maximum absolute atomic E-state index is 14.2. The summed E-state index contributed by atoms with van der Waals surface area (Å²) in [6, 6.07) is 3.63. The lowest BCUT2D eigenvalue weighted by molar-refractivity contribution is -0.0983. The van der Waals surface area contributed by atoms with Crippen LogP contribution in [-0.4, -0.2) is 12.2 Å². The van der Waals surface area contributed by atoms with Crippen molar-refractivity contribution in [2.45, 2.75) is 51.2 Å². The van der Waals surface area contributed by atoms with E-state index in [4.69, 9.17) is 10.6 Å². The van der Waals surface area contributed by atoms with Crippen molar-refractivity contribution < 1.29 is 13.5 Å². The summed E-state index contributed by atoms with van der Waals surface area (Å²) < 4.78 is 33.7. The Hall–Kier alpha value is -1.04. The summed E-state index contributed by atoms with van der Waals surface area (Å²) in [6.07, 6.45) is 3.56. The SMILES string of the molecule is CCOC1(C(NN)c2cccc(F)c2F)CCC(C)CC1. The molecule has 1 saturated carbocycles. The van der Waals surface area contributed by atoms with Gasteiger partial charge >= 0.3 is 0 Å². The molecule has 5 heteroatoms. The lowest BCUT2D eigenvalue weighted by atomic mass is 9.73. The molecule has 21 heavy (non-hydrogen) atoms. The van der Waals surface area contributed by atoms with Crippen LogP contribution in [0.25, 0.3) is 0 Å². The predicted molar refractivity (Wildman–Crippen MR) is 78.4 cm³/mol. The second-order valence-corrected chi connectivity index (χ2v) is 5.92. The largest absolute Gasteiger partial charge is 0.373 e. The van der Waals surface area contributed by atoms with E-state index in [1.165, 1.54) is 6.07 Å². The Kier molecular flexibility index (Phi) is 5.30. The molecular weight excluding hydrogens is 274 g/mol. The predicted octanol–water partition coefficient (Wildman–Crippen LogP) is 3.45. The van der Waals surface area contributed by atoms with Gasteiger partial charge in [-0.2, -0.15) is 0 Å². The van der Waals surface area contributed by atoms with Crippen LogP contribution >= 0.6 is 0 Å². The zero-order chi connectivity index (χ0) is 15.5. The van der Waals surface area contributed by atoms with Crippen LogP contribution in [0.1, 0.15) is 51.1 Å². The molecule has 118 valence electrons. The Balaban J connectivity index is 2.38. The summed E-state index contributed by atoms with van der Waals surface area (Å²) in [5.74, 6) is 4.60. The number of halogens is 2. The molecule has 0 spiro atoms. The minimum atomic E-state index is -0.858. The molecule has 3 N–H and O–H groups in total. The van der Waals surface area contributed by atoms with Crippen LogP contribution in [-0.2, 0) is 4.74 Å². The number of hydrogen-bond acceptors (Lipinski definition) is 3. The van der Waals surface area contributed by atoms with E-state index in [2.05, 4.69) is 12.3 Å². The number of nitrogens with two attached hydrogens (primary N) is 1. The molecule has 1 atom stereocenters. The Bertz CT molecular complexity index is 473. The van der Waals surface area contributed by atoms with Crippen molar-refractivity contribution >= 4 is 0 Å². The first kappa shape index (κ1) is 16.3. The summed E-state index contributed by atoms with van der Waals surface area (Å²) in [5.41, 5.74) is 2.32. The van der Waals surface area contributed by atoms with Gasteiger partial charge < -0.3 is 4.74 Å². The van der Waals surface area contributed by atoms with E-state index in [1.807, 2.05) is 6.92 Å². The molecule has 1 aliphatic carbocycles. The highest BCUT2D eigenvalue weighted by atomic mass is 19.2. The fourth-order valence-corrected chi connectivity index (χ4v) is 3.32. The lowest BCUT2D eigenvalue weighted by Gasteiger charge is -2.44. The number of hydrogen-bond donors (Lipinski definition) is 2. The van der Waals surface area contributed by atoms with Gasteiger partial charge in [0, 0.05) is 12.2 Å². The average molecular weight is 298 g/mol. The molecule has 0 bridgehead atoms. The third-order valence-electron chi connectivity index (χ3n) is 4.54. The fraction of sp³-hybridized carbons (Fsp3) is 0.625. The zero-order valence-corrected chi connectivity index (χ0v) is 12.7. The van der Waals surface area contributed by atoms with Gasteiger partial charge in [-0.3, -0.25) is 5.84 Å². The third kappa shape index (κ3) is 3.25. The van der Waals surface area contributed by atoms with Crippen LogP contribution in [0.5, 0.6) is 0 Å². The lowest BCUT2D eigenvalue weighted by Crippen LogP contribution is -2.50. The van der Waals surface area contributed by atoms with Gasteiger partial charge in [0.15, 0.2) is 11.6 Å². The van der Waals surface area contributed by atoms with E-state index in [1.54, 1.807) is 6.07 Å². The van der Waals surface area contributed by atoms with E-state index in [0.717, 1.165) is 31.7 Å². The molecule has 0 saturated heterocycles. The smallest absolute Gasteiger partial charge is 0.163 e. The van der Waals surface area contributed by atoms with Crippen molar-refractivity contribution in [2.75, 3.05) is 6.61 Å². The van der Waals surface area contributed by atoms with Crippen LogP contribution in [0.2, 0.25) is 0 Å². The third-order valence-corrected chi connectivity index (χ3v) is 4.54. The summed E-state index contributed by atoms with van der Waals surface area (Å²) in [6.45, 7) is 4.63. The Labute approximate surface area is 124 Å². The first-order valence-electron chi connectivity index (χ1n) is 7.58. The van der Waals surface area contributed by atoms with Gasteiger partial charge in [-0.25, -0.2) is 14.2 Å². The summed E-state index contributed by atoms with van der Waals surface area (Å²) in [7, 11) is 0. The molecule has 1 fully saturated rings. The topological polar surface area (TPSA) is 47.3 Å². The molecule has 0 radical (unpaired) electrons. The molecule has 0 aliphatic heterocycles. The summed E-state index contributed by atoms with van der Waals surface area (Å²) >= 11 is 0. The number of rotatable bonds is 5. The van der Waals surface area contributed by atoms with Crippen molar-refractivity contribution in [1.29, 1.82) is 0 Å². The van der Waals surface area contributed by atoms with Crippen LogP contribution in [0, 0.1) is 17.6 Å². The molecule has 1 aromatic carbocycles. The Morgan fingerprint density at radius 3 is 2.62 bits per heavy atom. The summed E-state index contributed by atoms with van der Waals surface area (Å²) in [5, 5.41) is 0. The number of nitrogens with one attached hydrogen (secondary N) is 1. The standard InChI is InChI=1S/C16H24F2N2O/c1-3-21-16(9-7-11(2)8-10-16)15(20-19)12-5-4-6-13(17)14(12)18/h4-6,11,15,20H,3,7-10,19H2,1-2H3. The van der Waals surface area contributed by atoms with Gasteiger partial charge in [0.05, 0.1) is 11.6 Å². The molecule has 2 rings (SSSR count). The number of ether oxygens (including phenoxy) is 1. The quantitative estimate of drug-likeness (QED) is 0.646. The maximum atomic E-state index is 14.2. The zero-order valence-electron chi connectivity index (χ0n) is 12.7. The molecule has 1 aliphatic rings. The van der Waals surface area contributed by atoms with E-state index >= 15 is 0 Å². The molecule has 1 aromatic rings. The highest BCUT2D eigenvalue weighted by Crippen LogP contribution is 2.43. The van der Waals surface area contributed by atoms with Crippen molar-refractivity contribution in [2.24, 2.45) is 11.8 Å². The first-order chi connectivity index (χ1) is 10.0. The molecule has 3 nitrogen and oxygen atoms in total. The molecule has 0 amide bonds. The van der Waals surface area contributed by atoms with Crippen molar-refractivity contribution in [1.82, 2.24) is 5.43 Å². The highest BCUT2D eigenvalue weighted by molar-refractivity contribution is 5.26. The fourth-order valence-electron chi connectivity index (χ4n) is 3.32. The van der Waals surface area contributed by atoms with E-state index in [-0.39, 0.29) is 5.56 Å². The first-order valence-corrected chi connectivity index (χ1v) is 7.58. The Morgan fingerprint density at radius 1 is 1.38 bits per heavy atom. The van der Waals surface area contributed by atoms with Crippen LogP contribution in [0.3, 0.4) is 0 Å². The van der Waals surface area contributed by atoms with Crippen LogP contribution in [0.15, 0.2) is 18.2 Å². The van der Waals surface area contributed by atoms with Crippen LogP contribution in [0.4, 0.5) is 8.78 Å². The van der Waals surface area contributed by atoms with Gasteiger partial charge in [-0.1, -0.05) is 19.1 Å². The molecule has 0 heterocycles. The van der Waals surface area contributed by atoms with Gasteiger partial charge in [-0.05, 0) is 44.6 Å². The van der Waals surface area contributed by atoms with E-state index in [9.17, 15) is 8.78 Å². The van der Waals surface area contributed by atoms with Crippen molar-refractivity contribution in [3.8, 4) is 0 Å². The Morgan fingerprint density at radius 2 is 2.05 bits per heavy atom. The maximum Gasteiger partial charge on any atom is 0.163 e. The van der Waals surface area contributed by atoms with Gasteiger partial charge in [0.1, 0.15) is 0 Å². The van der Waals surface area contributed by atoms with Gasteiger partial charge in [0.25, 0.3) is 0 Å². The number of hydrazine groups is 1. The molecular formula is C16H24F2N2O. The van der Waals surface area contributed by atoms with Crippen LogP contribution < -0.4 is 11.3 Å². The second-order valence-electron chi connectivity index (χ2n) is 5.92. The summed E-state index contributed by atoms with van der Waals surface area (Å²) in [4.78, 5) is 0. The van der Waals surface area contributed by atoms with Gasteiger partial charge in [-0.15, -0.1) is 0 Å².